The van der Waals surface area contributed by atoms with Crippen LogP contribution in [0.2, 0.25) is 0 Å². The predicted molar refractivity (Wildman–Crippen MR) is 103 cm³/mol. The van der Waals surface area contributed by atoms with Gasteiger partial charge in [-0.2, -0.15) is 5.10 Å². The van der Waals surface area contributed by atoms with Gasteiger partial charge in [0.15, 0.2) is 0 Å². The lowest BCUT2D eigenvalue weighted by Gasteiger charge is -2.05. The normalized spacial score (nSPS) is 11.0. The minimum Gasteiger partial charge on any atom is -0.441 e. The number of amides is 1. The van der Waals surface area contributed by atoms with Crippen LogP contribution in [0.25, 0.3) is 11.5 Å². The van der Waals surface area contributed by atoms with Crippen LogP contribution in [0.4, 0.5) is 5.69 Å². The third kappa shape index (κ3) is 4.62. The van der Waals surface area contributed by atoms with Gasteiger partial charge in [-0.25, -0.2) is 4.98 Å². The van der Waals surface area contributed by atoms with Crippen LogP contribution < -0.4 is 5.32 Å². The molecule has 1 N–H and O–H groups in total. The molecule has 7 heteroatoms. The zero-order chi connectivity index (χ0) is 19.4. The van der Waals surface area contributed by atoms with Crippen molar-refractivity contribution in [1.29, 1.82) is 0 Å². The van der Waals surface area contributed by atoms with Crippen molar-refractivity contribution in [3.63, 3.8) is 0 Å². The van der Waals surface area contributed by atoms with Crippen molar-refractivity contribution >= 4 is 11.6 Å². The van der Waals surface area contributed by atoms with Crippen LogP contribution in [0.15, 0.2) is 34.7 Å². The summed E-state index contributed by atoms with van der Waals surface area (Å²) in [4.78, 5) is 16.4. The molecule has 0 aliphatic heterocycles. The number of anilines is 1. The highest BCUT2D eigenvalue weighted by molar-refractivity contribution is 5.90. The number of methoxy groups -OCH3 is 1. The summed E-state index contributed by atoms with van der Waals surface area (Å²) < 4.78 is 12.7. The molecule has 3 rings (SSSR count). The second kappa shape index (κ2) is 8.18. The minimum absolute atomic E-state index is 0.0799. The number of benzene rings is 1. The number of oxazole rings is 1. The van der Waals surface area contributed by atoms with Gasteiger partial charge in [-0.15, -0.1) is 0 Å². The largest absolute Gasteiger partial charge is 0.441 e. The molecule has 142 valence electrons. The molecule has 0 fully saturated rings. The molecular formula is C20H24N4O3. The first-order valence-electron chi connectivity index (χ1n) is 8.83. The van der Waals surface area contributed by atoms with E-state index in [1.807, 2.05) is 55.8 Å². The van der Waals surface area contributed by atoms with Crippen molar-refractivity contribution < 1.29 is 13.9 Å². The van der Waals surface area contributed by atoms with Gasteiger partial charge in [0.1, 0.15) is 11.5 Å². The van der Waals surface area contributed by atoms with Gasteiger partial charge in [0.05, 0.1) is 25.3 Å². The zero-order valence-corrected chi connectivity index (χ0v) is 16.1. The van der Waals surface area contributed by atoms with Crippen LogP contribution in [0.1, 0.15) is 29.3 Å². The summed E-state index contributed by atoms with van der Waals surface area (Å²) in [7, 11) is 1.57. The van der Waals surface area contributed by atoms with E-state index in [9.17, 15) is 4.79 Å². The zero-order valence-electron chi connectivity index (χ0n) is 16.1. The number of rotatable bonds is 7. The number of nitrogens with zero attached hydrogens (tertiary/aromatic N) is 3. The standard InChI is InChI=1S/C20H24N4O3/c1-13-11-14(2)24(23-13)12-18-15(3)27-20(22-18)16-5-7-17(8-6-16)21-19(25)9-10-26-4/h5-8,11H,9-10,12H2,1-4H3,(H,21,25). The molecule has 0 spiro atoms. The molecule has 7 nitrogen and oxygen atoms in total. The maximum Gasteiger partial charge on any atom is 0.226 e. The molecule has 0 saturated heterocycles. The Hall–Kier alpha value is -2.93. The van der Waals surface area contributed by atoms with Crippen LogP contribution in [0.3, 0.4) is 0 Å². The molecule has 0 aliphatic carbocycles. The van der Waals surface area contributed by atoms with E-state index in [1.54, 1.807) is 7.11 Å². The highest BCUT2D eigenvalue weighted by Crippen LogP contribution is 2.24. The van der Waals surface area contributed by atoms with Crippen molar-refractivity contribution in [2.24, 2.45) is 0 Å². The summed E-state index contributed by atoms with van der Waals surface area (Å²) in [5, 5.41) is 7.31. The van der Waals surface area contributed by atoms with E-state index in [0.717, 1.165) is 34.1 Å². The summed E-state index contributed by atoms with van der Waals surface area (Å²) in [6.07, 6.45) is 0.326. The summed E-state index contributed by atoms with van der Waals surface area (Å²) in [6, 6.07) is 9.46. The van der Waals surface area contributed by atoms with E-state index < -0.39 is 0 Å². The van der Waals surface area contributed by atoms with E-state index in [4.69, 9.17) is 9.15 Å². The Morgan fingerprint density at radius 2 is 1.96 bits per heavy atom. The lowest BCUT2D eigenvalue weighted by molar-refractivity contribution is -0.117. The third-order valence-electron chi connectivity index (χ3n) is 4.24. The smallest absolute Gasteiger partial charge is 0.226 e. The Morgan fingerprint density at radius 3 is 2.59 bits per heavy atom. The molecule has 0 unspecified atom stereocenters. The molecule has 0 saturated carbocycles. The molecule has 0 bridgehead atoms. The van der Waals surface area contributed by atoms with E-state index in [1.165, 1.54) is 0 Å². The van der Waals surface area contributed by atoms with Crippen LogP contribution >= 0.6 is 0 Å². The first-order chi connectivity index (χ1) is 13.0. The van der Waals surface area contributed by atoms with Gasteiger partial charge in [0.25, 0.3) is 0 Å². The van der Waals surface area contributed by atoms with Crippen molar-refractivity contribution in [2.75, 3.05) is 19.0 Å². The SMILES string of the molecule is COCCC(=O)Nc1ccc(-c2nc(Cn3nc(C)cc3C)c(C)o2)cc1. The van der Waals surface area contributed by atoms with Gasteiger partial charge in [0.2, 0.25) is 11.8 Å². The lowest BCUT2D eigenvalue weighted by Crippen LogP contribution is -2.13. The molecule has 1 aromatic carbocycles. The van der Waals surface area contributed by atoms with Gasteiger partial charge in [0, 0.05) is 24.1 Å². The molecule has 2 aromatic heterocycles. The van der Waals surface area contributed by atoms with E-state index in [-0.39, 0.29) is 5.91 Å². The molecule has 0 aliphatic rings. The number of carbonyl (C=O) groups is 1. The fraction of sp³-hybridized carbons (Fsp3) is 0.350. The molecule has 2 heterocycles. The molecule has 0 atom stereocenters. The molecule has 3 aromatic rings. The van der Waals surface area contributed by atoms with Crippen LogP contribution in [0.5, 0.6) is 0 Å². The maximum atomic E-state index is 11.7. The number of carbonyl (C=O) groups excluding carboxylic acids is 1. The summed E-state index contributed by atoms with van der Waals surface area (Å²) in [6.45, 7) is 6.87. The topological polar surface area (TPSA) is 82.2 Å². The van der Waals surface area contributed by atoms with E-state index in [0.29, 0.717) is 25.5 Å². The average molecular weight is 368 g/mol. The van der Waals surface area contributed by atoms with Gasteiger partial charge in [-0.1, -0.05) is 0 Å². The molecule has 27 heavy (non-hydrogen) atoms. The number of hydrogen-bond donors (Lipinski definition) is 1. The first-order valence-corrected chi connectivity index (χ1v) is 8.83. The van der Waals surface area contributed by atoms with Crippen LogP contribution in [-0.2, 0) is 16.1 Å². The average Bonchev–Trinajstić information content (AvgIpc) is 3.15. The Balaban J connectivity index is 1.71. The van der Waals surface area contributed by atoms with Crippen LogP contribution in [-0.4, -0.2) is 34.4 Å². The molecule has 1 amide bonds. The second-order valence-electron chi connectivity index (χ2n) is 6.47. The lowest BCUT2D eigenvalue weighted by atomic mass is 10.2. The van der Waals surface area contributed by atoms with E-state index >= 15 is 0 Å². The van der Waals surface area contributed by atoms with Crippen molar-refractivity contribution in [2.45, 2.75) is 33.7 Å². The third-order valence-corrected chi connectivity index (χ3v) is 4.24. The summed E-state index contributed by atoms with van der Waals surface area (Å²) >= 11 is 0. The fourth-order valence-corrected chi connectivity index (χ4v) is 2.79. The van der Waals surface area contributed by atoms with Gasteiger partial charge < -0.3 is 14.5 Å². The second-order valence-corrected chi connectivity index (χ2v) is 6.47. The Kier molecular flexibility index (Phi) is 5.71. The van der Waals surface area contributed by atoms with Crippen molar-refractivity contribution in [3.05, 3.63) is 53.2 Å². The van der Waals surface area contributed by atoms with Crippen LogP contribution in [0, 0.1) is 20.8 Å². The minimum atomic E-state index is -0.0799. The highest BCUT2D eigenvalue weighted by atomic mass is 16.5. The Bertz CT molecular complexity index is 925. The maximum absolute atomic E-state index is 11.7. The number of hydrogen-bond acceptors (Lipinski definition) is 5. The Morgan fingerprint density at radius 1 is 1.22 bits per heavy atom. The number of nitrogens with one attached hydrogen (secondary N) is 1. The highest BCUT2D eigenvalue weighted by Gasteiger charge is 2.13. The fourth-order valence-electron chi connectivity index (χ4n) is 2.79. The number of aryl methyl sites for hydroxylation is 3. The molecular weight excluding hydrogens is 344 g/mol. The number of ether oxygens (including phenoxy) is 1. The van der Waals surface area contributed by atoms with Gasteiger partial charge >= 0.3 is 0 Å². The summed E-state index contributed by atoms with van der Waals surface area (Å²) in [5.41, 5.74) is 4.51. The Labute approximate surface area is 158 Å². The van der Waals surface area contributed by atoms with Gasteiger partial charge in [-0.3, -0.25) is 9.48 Å². The van der Waals surface area contributed by atoms with Crippen molar-refractivity contribution in [1.82, 2.24) is 14.8 Å². The van der Waals surface area contributed by atoms with Crippen molar-refractivity contribution in [3.8, 4) is 11.5 Å². The van der Waals surface area contributed by atoms with E-state index in [2.05, 4.69) is 15.4 Å². The predicted octanol–water partition coefficient (Wildman–Crippen LogP) is 3.49. The monoisotopic (exact) mass is 368 g/mol. The first kappa shape index (κ1) is 18.8. The van der Waals surface area contributed by atoms with Gasteiger partial charge in [-0.05, 0) is 51.1 Å². The number of aromatic nitrogens is 3. The summed E-state index contributed by atoms with van der Waals surface area (Å²) in [5.74, 6) is 1.25. The molecule has 0 radical (unpaired) electrons. The quantitative estimate of drug-likeness (QED) is 0.690.